The molecule has 130 valence electrons. The van der Waals surface area contributed by atoms with E-state index in [0.717, 1.165) is 32.6 Å². The van der Waals surface area contributed by atoms with Gasteiger partial charge in [-0.2, -0.15) is 5.06 Å². The van der Waals surface area contributed by atoms with Crippen LogP contribution in [0.3, 0.4) is 0 Å². The number of benzene rings is 2. The molecule has 1 heterocycles. The molecule has 6 heteroatoms. The lowest BCUT2D eigenvalue weighted by atomic mass is 10.1. The van der Waals surface area contributed by atoms with Crippen LogP contribution in [0.1, 0.15) is 25.3 Å². The van der Waals surface area contributed by atoms with Gasteiger partial charge in [-0.1, -0.05) is 37.3 Å². The SMILES string of the molecule is CCCC(=O)ON(CCc1ccc2c(c1)oc1ccccc12)C(N)=O. The van der Waals surface area contributed by atoms with Crippen LogP contribution in [0, 0.1) is 0 Å². The number of rotatable bonds is 5. The second-order valence-electron chi connectivity index (χ2n) is 5.83. The Labute approximate surface area is 145 Å². The maximum Gasteiger partial charge on any atom is 0.348 e. The number of amides is 2. The van der Waals surface area contributed by atoms with Gasteiger partial charge in [0.25, 0.3) is 0 Å². The Morgan fingerprint density at radius 1 is 1.12 bits per heavy atom. The molecule has 0 aliphatic carbocycles. The fourth-order valence-corrected chi connectivity index (χ4v) is 2.73. The number of urea groups is 1. The monoisotopic (exact) mass is 340 g/mol. The van der Waals surface area contributed by atoms with Crippen molar-refractivity contribution in [3.63, 3.8) is 0 Å². The van der Waals surface area contributed by atoms with E-state index in [4.69, 9.17) is 15.0 Å². The van der Waals surface area contributed by atoms with Gasteiger partial charge >= 0.3 is 12.0 Å². The molecule has 0 spiro atoms. The number of hydroxylamine groups is 2. The van der Waals surface area contributed by atoms with Crippen LogP contribution < -0.4 is 5.73 Å². The third kappa shape index (κ3) is 3.74. The number of hydrogen-bond donors (Lipinski definition) is 1. The Morgan fingerprint density at radius 2 is 1.88 bits per heavy atom. The average molecular weight is 340 g/mol. The van der Waals surface area contributed by atoms with E-state index in [2.05, 4.69) is 0 Å². The number of nitrogens with two attached hydrogens (primary N) is 1. The molecule has 0 bridgehead atoms. The normalized spacial score (nSPS) is 10.9. The van der Waals surface area contributed by atoms with Gasteiger partial charge in [0.1, 0.15) is 11.2 Å². The Balaban J connectivity index is 1.74. The molecule has 0 aliphatic rings. The summed E-state index contributed by atoms with van der Waals surface area (Å²) in [5, 5.41) is 3.01. The lowest BCUT2D eigenvalue weighted by Crippen LogP contribution is -2.39. The molecule has 0 saturated heterocycles. The van der Waals surface area contributed by atoms with Crippen molar-refractivity contribution >= 4 is 33.9 Å². The van der Waals surface area contributed by atoms with Crippen molar-refractivity contribution in [3.05, 3.63) is 48.0 Å². The summed E-state index contributed by atoms with van der Waals surface area (Å²) in [4.78, 5) is 28.0. The number of hydrogen-bond acceptors (Lipinski definition) is 4. The van der Waals surface area contributed by atoms with Gasteiger partial charge in [0, 0.05) is 17.2 Å². The van der Waals surface area contributed by atoms with E-state index in [1.807, 2.05) is 49.4 Å². The first-order valence-electron chi connectivity index (χ1n) is 8.26. The first kappa shape index (κ1) is 16.8. The minimum absolute atomic E-state index is 0.191. The first-order chi connectivity index (χ1) is 12.1. The summed E-state index contributed by atoms with van der Waals surface area (Å²) in [6.45, 7) is 2.05. The molecule has 0 unspecified atom stereocenters. The highest BCUT2D eigenvalue weighted by atomic mass is 16.7. The number of furan rings is 1. The number of fused-ring (bicyclic) bond motifs is 3. The van der Waals surface area contributed by atoms with E-state index in [9.17, 15) is 9.59 Å². The van der Waals surface area contributed by atoms with Gasteiger partial charge in [0.2, 0.25) is 0 Å². The molecule has 25 heavy (non-hydrogen) atoms. The highest BCUT2D eigenvalue weighted by Gasteiger charge is 2.16. The lowest BCUT2D eigenvalue weighted by Gasteiger charge is -2.18. The minimum atomic E-state index is -0.783. The predicted octanol–water partition coefficient (Wildman–Crippen LogP) is 3.77. The molecular weight excluding hydrogens is 320 g/mol. The fraction of sp³-hybridized carbons (Fsp3) is 0.263. The summed E-state index contributed by atoms with van der Waals surface area (Å²) in [5.74, 6) is -0.464. The second-order valence-corrected chi connectivity index (χ2v) is 5.83. The first-order valence-corrected chi connectivity index (χ1v) is 8.26. The van der Waals surface area contributed by atoms with Crippen molar-refractivity contribution in [1.29, 1.82) is 0 Å². The molecule has 2 aromatic carbocycles. The zero-order chi connectivity index (χ0) is 17.8. The van der Waals surface area contributed by atoms with E-state index in [1.165, 1.54) is 0 Å². The zero-order valence-corrected chi connectivity index (χ0v) is 14.0. The molecule has 1 aromatic heterocycles. The minimum Gasteiger partial charge on any atom is -0.456 e. The van der Waals surface area contributed by atoms with Crippen LogP contribution in [0.25, 0.3) is 21.9 Å². The third-order valence-corrected chi connectivity index (χ3v) is 3.96. The highest BCUT2D eigenvalue weighted by Crippen LogP contribution is 2.29. The molecule has 2 N–H and O–H groups in total. The summed E-state index contributed by atoms with van der Waals surface area (Å²) in [7, 11) is 0. The number of carbonyl (C=O) groups is 2. The van der Waals surface area contributed by atoms with Gasteiger partial charge in [-0.3, -0.25) is 0 Å². The number of para-hydroxylation sites is 1. The van der Waals surface area contributed by atoms with Gasteiger partial charge in [-0.05, 0) is 30.5 Å². The van der Waals surface area contributed by atoms with E-state index < -0.39 is 12.0 Å². The quantitative estimate of drug-likeness (QED) is 0.716. The molecular formula is C19H20N2O4. The van der Waals surface area contributed by atoms with Crippen molar-refractivity contribution in [3.8, 4) is 0 Å². The Bertz CT molecular complexity index is 916. The van der Waals surface area contributed by atoms with E-state index in [0.29, 0.717) is 12.8 Å². The smallest absolute Gasteiger partial charge is 0.348 e. The van der Waals surface area contributed by atoms with Crippen molar-refractivity contribution in [1.82, 2.24) is 5.06 Å². The van der Waals surface area contributed by atoms with Crippen LogP contribution in [0.2, 0.25) is 0 Å². The highest BCUT2D eigenvalue weighted by molar-refractivity contribution is 6.04. The van der Waals surface area contributed by atoms with E-state index in [1.54, 1.807) is 0 Å². The molecule has 0 fully saturated rings. The van der Waals surface area contributed by atoms with Crippen LogP contribution in [-0.2, 0) is 16.1 Å². The van der Waals surface area contributed by atoms with Gasteiger partial charge in [0.05, 0.1) is 6.54 Å². The molecule has 0 atom stereocenters. The maximum absolute atomic E-state index is 11.6. The lowest BCUT2D eigenvalue weighted by molar-refractivity contribution is -0.176. The summed E-state index contributed by atoms with van der Waals surface area (Å²) < 4.78 is 5.85. The summed E-state index contributed by atoms with van der Waals surface area (Å²) in [6.07, 6.45) is 1.39. The fourth-order valence-electron chi connectivity index (χ4n) is 2.73. The third-order valence-electron chi connectivity index (χ3n) is 3.96. The standard InChI is InChI=1S/C19H20N2O4/c1-2-5-18(22)25-21(19(20)23)11-10-13-8-9-15-14-6-3-4-7-16(14)24-17(15)12-13/h3-4,6-9,12H,2,5,10-11H2,1H3,(H2,20,23). The Kier molecular flexibility index (Phi) is 4.88. The van der Waals surface area contributed by atoms with Gasteiger partial charge in [-0.15, -0.1) is 0 Å². The maximum atomic E-state index is 11.6. The Morgan fingerprint density at radius 3 is 2.64 bits per heavy atom. The average Bonchev–Trinajstić information content (AvgIpc) is 2.96. The number of primary amides is 1. The van der Waals surface area contributed by atoms with Gasteiger partial charge < -0.3 is 15.0 Å². The largest absolute Gasteiger partial charge is 0.456 e. The van der Waals surface area contributed by atoms with Crippen LogP contribution in [0.5, 0.6) is 0 Å². The zero-order valence-electron chi connectivity index (χ0n) is 14.0. The molecule has 2 amide bonds. The Hall–Kier alpha value is -3.02. The van der Waals surface area contributed by atoms with Gasteiger partial charge in [0.15, 0.2) is 0 Å². The van der Waals surface area contributed by atoms with E-state index in [-0.39, 0.29) is 13.0 Å². The van der Waals surface area contributed by atoms with E-state index >= 15 is 0 Å². The molecule has 0 aliphatic heterocycles. The van der Waals surface area contributed by atoms with Crippen LogP contribution >= 0.6 is 0 Å². The van der Waals surface area contributed by atoms with Crippen LogP contribution in [0.15, 0.2) is 46.9 Å². The topological polar surface area (TPSA) is 85.8 Å². The van der Waals surface area contributed by atoms with Crippen molar-refractivity contribution in [2.45, 2.75) is 26.2 Å². The molecule has 0 radical (unpaired) electrons. The summed E-state index contributed by atoms with van der Waals surface area (Å²) in [6, 6.07) is 13.0. The van der Waals surface area contributed by atoms with Crippen molar-refractivity contribution in [2.75, 3.05) is 6.54 Å². The number of nitrogens with zero attached hydrogens (tertiary/aromatic N) is 1. The van der Waals surface area contributed by atoms with Crippen molar-refractivity contribution in [2.24, 2.45) is 5.73 Å². The molecule has 6 nitrogen and oxygen atoms in total. The molecule has 3 aromatic rings. The van der Waals surface area contributed by atoms with Crippen LogP contribution in [0.4, 0.5) is 4.79 Å². The number of carbonyl (C=O) groups excluding carboxylic acids is 2. The summed E-state index contributed by atoms with van der Waals surface area (Å²) in [5.41, 5.74) is 7.86. The molecule has 0 saturated carbocycles. The second kappa shape index (κ2) is 7.25. The van der Waals surface area contributed by atoms with Gasteiger partial charge in [-0.25, -0.2) is 9.59 Å². The predicted molar refractivity (Wildman–Crippen MR) is 94.7 cm³/mol. The molecule has 3 rings (SSSR count). The van der Waals surface area contributed by atoms with Crippen LogP contribution in [-0.4, -0.2) is 23.6 Å². The summed E-state index contributed by atoms with van der Waals surface area (Å²) >= 11 is 0. The van der Waals surface area contributed by atoms with Crippen molar-refractivity contribution < 1.29 is 18.8 Å².